The molecule has 0 aromatic heterocycles. The standard InChI is InChI=1S/C21H24N2O6S/c1-20(2)17-6-3-4-7-18(17)22(12-5-13-30(26,27)28)21(20)11-10-15-14-16(23(24)25)8-9-19(15)29-21/h3-4,6-11,14,24-25H,5,12-13H2,1-2H3,(H,26,27,28). The smallest absolute Gasteiger partial charge is 0.264 e. The Morgan fingerprint density at radius 1 is 1.13 bits per heavy atom. The SMILES string of the molecule is CC1(C)c2ccccc2N(CCCS(=O)(=O)O)C12C=Cc1cc(N(O)O)ccc1O2. The first kappa shape index (κ1) is 20.7. The van der Waals surface area contributed by atoms with E-state index in [1.807, 2.05) is 41.3 Å². The van der Waals surface area contributed by atoms with Crippen LogP contribution >= 0.6 is 0 Å². The van der Waals surface area contributed by atoms with Gasteiger partial charge in [0.1, 0.15) is 5.75 Å². The normalized spacial score (nSPS) is 21.3. The van der Waals surface area contributed by atoms with Gasteiger partial charge < -0.3 is 9.64 Å². The van der Waals surface area contributed by atoms with Crippen molar-refractivity contribution in [2.45, 2.75) is 31.4 Å². The lowest BCUT2D eigenvalue weighted by atomic mass is 9.76. The molecule has 0 amide bonds. The van der Waals surface area contributed by atoms with Crippen LogP contribution in [-0.2, 0) is 15.5 Å². The van der Waals surface area contributed by atoms with Gasteiger partial charge in [0.25, 0.3) is 10.1 Å². The highest BCUT2D eigenvalue weighted by Crippen LogP contribution is 2.55. The van der Waals surface area contributed by atoms with Gasteiger partial charge in [0, 0.05) is 17.8 Å². The van der Waals surface area contributed by atoms with Crippen molar-refractivity contribution in [3.63, 3.8) is 0 Å². The topological polar surface area (TPSA) is 111 Å². The van der Waals surface area contributed by atoms with E-state index in [1.54, 1.807) is 12.1 Å². The predicted octanol–water partition coefficient (Wildman–Crippen LogP) is 3.45. The molecular weight excluding hydrogens is 408 g/mol. The van der Waals surface area contributed by atoms with Crippen molar-refractivity contribution in [2.24, 2.45) is 0 Å². The number of rotatable bonds is 5. The Labute approximate surface area is 175 Å². The first-order valence-corrected chi connectivity index (χ1v) is 11.2. The van der Waals surface area contributed by atoms with Crippen molar-refractivity contribution in [3.05, 3.63) is 59.7 Å². The van der Waals surface area contributed by atoms with Gasteiger partial charge in [-0.1, -0.05) is 18.2 Å². The summed E-state index contributed by atoms with van der Waals surface area (Å²) in [5.41, 5.74) is 1.52. The molecular formula is C21H24N2O6S. The summed E-state index contributed by atoms with van der Waals surface area (Å²) in [6.45, 7) is 4.50. The first-order valence-electron chi connectivity index (χ1n) is 9.58. The van der Waals surface area contributed by atoms with E-state index < -0.39 is 21.3 Å². The Hall–Kier alpha value is -2.59. The Morgan fingerprint density at radius 3 is 2.57 bits per heavy atom. The molecule has 0 bridgehead atoms. The number of benzene rings is 2. The second-order valence-corrected chi connectivity index (χ2v) is 9.65. The van der Waals surface area contributed by atoms with E-state index in [1.165, 1.54) is 6.07 Å². The molecule has 30 heavy (non-hydrogen) atoms. The van der Waals surface area contributed by atoms with Crippen molar-refractivity contribution in [1.29, 1.82) is 0 Å². The summed E-state index contributed by atoms with van der Waals surface area (Å²) in [4.78, 5) is 2.03. The average molecular weight is 432 g/mol. The minimum absolute atomic E-state index is 0.0511. The minimum Gasteiger partial charge on any atom is -0.463 e. The molecule has 8 nitrogen and oxygen atoms in total. The first-order chi connectivity index (χ1) is 14.1. The molecule has 4 rings (SSSR count). The van der Waals surface area contributed by atoms with Crippen LogP contribution in [0.3, 0.4) is 0 Å². The Kier molecular flexibility index (Phi) is 4.81. The fourth-order valence-corrected chi connectivity index (χ4v) is 4.90. The quantitative estimate of drug-likeness (QED) is 0.487. The molecule has 0 saturated carbocycles. The van der Waals surface area contributed by atoms with E-state index in [-0.39, 0.29) is 23.1 Å². The summed E-state index contributed by atoms with van der Waals surface area (Å²) in [5, 5.41) is 18.6. The van der Waals surface area contributed by atoms with Crippen LogP contribution in [0.4, 0.5) is 11.4 Å². The van der Waals surface area contributed by atoms with Crippen LogP contribution in [0.5, 0.6) is 5.75 Å². The minimum atomic E-state index is -4.06. The van der Waals surface area contributed by atoms with Crippen molar-refractivity contribution in [1.82, 2.24) is 0 Å². The molecule has 9 heteroatoms. The highest BCUT2D eigenvalue weighted by molar-refractivity contribution is 7.85. The molecule has 3 N–H and O–H groups in total. The summed E-state index contributed by atoms with van der Waals surface area (Å²) in [5.74, 6) is 0.234. The fraction of sp³-hybridized carbons (Fsp3) is 0.333. The van der Waals surface area contributed by atoms with Gasteiger partial charge in [0.05, 0.1) is 16.9 Å². The molecule has 160 valence electrons. The van der Waals surface area contributed by atoms with Crippen LogP contribution < -0.4 is 14.9 Å². The molecule has 0 aliphatic carbocycles. The van der Waals surface area contributed by atoms with Gasteiger partial charge in [-0.2, -0.15) is 8.42 Å². The maximum Gasteiger partial charge on any atom is 0.264 e. The second kappa shape index (κ2) is 6.98. The van der Waals surface area contributed by atoms with E-state index in [0.717, 1.165) is 11.3 Å². The van der Waals surface area contributed by atoms with E-state index >= 15 is 0 Å². The predicted molar refractivity (Wildman–Crippen MR) is 113 cm³/mol. The molecule has 2 aliphatic heterocycles. The Bertz CT molecular complexity index is 1110. The largest absolute Gasteiger partial charge is 0.463 e. The van der Waals surface area contributed by atoms with Crippen molar-refractivity contribution < 1.29 is 28.1 Å². The number of anilines is 2. The molecule has 1 atom stereocenters. The number of para-hydroxylation sites is 1. The number of ether oxygens (including phenoxy) is 1. The number of hydrogen-bond acceptors (Lipinski definition) is 7. The molecule has 0 saturated heterocycles. The van der Waals surface area contributed by atoms with Crippen molar-refractivity contribution in [3.8, 4) is 5.75 Å². The zero-order chi connectivity index (χ0) is 21.7. The van der Waals surface area contributed by atoms with Gasteiger partial charge >= 0.3 is 0 Å². The van der Waals surface area contributed by atoms with Gasteiger partial charge in [-0.3, -0.25) is 15.0 Å². The molecule has 2 aromatic carbocycles. The van der Waals surface area contributed by atoms with Crippen LogP contribution in [-0.4, -0.2) is 41.4 Å². The monoisotopic (exact) mass is 432 g/mol. The van der Waals surface area contributed by atoms with Crippen LogP contribution in [0.2, 0.25) is 0 Å². The lowest BCUT2D eigenvalue weighted by Gasteiger charge is -2.47. The number of nitrogens with zero attached hydrogens (tertiary/aromatic N) is 2. The van der Waals surface area contributed by atoms with Crippen LogP contribution in [0.15, 0.2) is 48.5 Å². The van der Waals surface area contributed by atoms with E-state index in [2.05, 4.69) is 13.8 Å². The molecule has 2 heterocycles. The summed E-state index contributed by atoms with van der Waals surface area (Å²) >= 11 is 0. The maximum atomic E-state index is 11.2. The van der Waals surface area contributed by atoms with E-state index in [9.17, 15) is 18.8 Å². The Morgan fingerprint density at radius 2 is 1.87 bits per heavy atom. The van der Waals surface area contributed by atoms with Gasteiger partial charge in [0.2, 0.25) is 5.72 Å². The van der Waals surface area contributed by atoms with E-state index in [0.29, 0.717) is 17.9 Å². The van der Waals surface area contributed by atoms with Gasteiger partial charge in [-0.25, -0.2) is 0 Å². The van der Waals surface area contributed by atoms with Gasteiger partial charge in [-0.15, -0.1) is 5.23 Å². The molecule has 1 unspecified atom stereocenters. The lowest BCUT2D eigenvalue weighted by molar-refractivity contribution is 0.0288. The average Bonchev–Trinajstić information content (AvgIpc) is 2.85. The van der Waals surface area contributed by atoms with E-state index in [4.69, 9.17) is 9.29 Å². The third kappa shape index (κ3) is 3.24. The molecule has 0 fully saturated rings. The van der Waals surface area contributed by atoms with Crippen molar-refractivity contribution >= 4 is 27.6 Å². The lowest BCUT2D eigenvalue weighted by Crippen LogP contribution is -2.59. The number of fused-ring (bicyclic) bond motifs is 2. The molecule has 2 aromatic rings. The van der Waals surface area contributed by atoms with Crippen LogP contribution in [0, 0.1) is 0 Å². The van der Waals surface area contributed by atoms with Gasteiger partial charge in [0.15, 0.2) is 0 Å². The zero-order valence-corrected chi connectivity index (χ0v) is 17.5. The third-order valence-electron chi connectivity index (χ3n) is 5.93. The van der Waals surface area contributed by atoms with Crippen molar-refractivity contribution in [2.75, 3.05) is 22.4 Å². The fourth-order valence-electron chi connectivity index (χ4n) is 4.41. The third-order valence-corrected chi connectivity index (χ3v) is 6.73. The molecule has 1 spiro atoms. The molecule has 0 radical (unpaired) electrons. The second-order valence-electron chi connectivity index (χ2n) is 8.08. The maximum absolute atomic E-state index is 11.2. The van der Waals surface area contributed by atoms with Crippen LogP contribution in [0.25, 0.3) is 6.08 Å². The molecule has 2 aliphatic rings. The summed E-state index contributed by atoms with van der Waals surface area (Å²) < 4.78 is 38.2. The van der Waals surface area contributed by atoms with Crippen LogP contribution in [0.1, 0.15) is 31.4 Å². The summed E-state index contributed by atoms with van der Waals surface area (Å²) in [6, 6.07) is 12.7. The summed E-state index contributed by atoms with van der Waals surface area (Å²) in [7, 11) is -4.06. The highest BCUT2D eigenvalue weighted by Gasteiger charge is 2.58. The number of hydrogen-bond donors (Lipinski definition) is 3. The zero-order valence-electron chi connectivity index (χ0n) is 16.7. The Balaban J connectivity index is 1.77. The highest BCUT2D eigenvalue weighted by atomic mass is 32.2. The van der Waals surface area contributed by atoms with Gasteiger partial charge in [-0.05, 0) is 62.2 Å². The summed E-state index contributed by atoms with van der Waals surface area (Å²) in [6.07, 6.45) is 4.03.